The summed E-state index contributed by atoms with van der Waals surface area (Å²) in [6.45, 7) is 7.37. The highest BCUT2D eigenvalue weighted by molar-refractivity contribution is 5.67. The third kappa shape index (κ3) is 2.79. The normalized spacial score (nSPS) is 18.9. The van der Waals surface area contributed by atoms with Gasteiger partial charge in [0.05, 0.1) is 17.6 Å². The number of hydrogen-bond donors (Lipinski definition) is 1. The summed E-state index contributed by atoms with van der Waals surface area (Å²) >= 11 is 0. The van der Waals surface area contributed by atoms with Crippen molar-refractivity contribution >= 4 is 17.1 Å². The molecule has 110 valence electrons. The van der Waals surface area contributed by atoms with Crippen LogP contribution in [-0.4, -0.2) is 30.7 Å². The fraction of sp³-hybridized carbons (Fsp3) is 0.353. The zero-order valence-corrected chi connectivity index (χ0v) is 12.7. The van der Waals surface area contributed by atoms with Gasteiger partial charge in [-0.3, -0.25) is 4.98 Å². The lowest BCUT2D eigenvalue weighted by Gasteiger charge is -2.42. The molecule has 21 heavy (non-hydrogen) atoms. The summed E-state index contributed by atoms with van der Waals surface area (Å²) in [5, 5.41) is 0. The minimum atomic E-state index is 0.452. The third-order valence-corrected chi connectivity index (χ3v) is 4.13. The third-order valence-electron chi connectivity index (χ3n) is 4.13. The molecule has 2 heterocycles. The molecule has 1 aliphatic heterocycles. The maximum absolute atomic E-state index is 6.04. The number of piperazine rings is 1. The molecule has 4 heteroatoms. The minimum Gasteiger partial charge on any atom is -0.396 e. The lowest BCUT2D eigenvalue weighted by atomic mass is 10.1. The summed E-state index contributed by atoms with van der Waals surface area (Å²) in [4.78, 5) is 8.90. The minimum absolute atomic E-state index is 0.452. The van der Waals surface area contributed by atoms with Crippen LogP contribution in [-0.2, 0) is 0 Å². The Morgan fingerprint density at radius 1 is 1.24 bits per heavy atom. The lowest BCUT2D eigenvalue weighted by molar-refractivity contribution is 0.551. The number of nitrogens with zero attached hydrogens (tertiary/aromatic N) is 3. The van der Waals surface area contributed by atoms with Crippen LogP contribution in [0, 0.1) is 6.92 Å². The number of aromatic nitrogens is 1. The molecule has 1 atom stereocenters. The van der Waals surface area contributed by atoms with E-state index in [2.05, 4.69) is 52.9 Å². The average Bonchev–Trinajstić information content (AvgIpc) is 2.47. The second-order valence-corrected chi connectivity index (χ2v) is 5.76. The molecule has 1 saturated heterocycles. The van der Waals surface area contributed by atoms with E-state index in [1.165, 1.54) is 11.3 Å². The number of rotatable bonds is 2. The fourth-order valence-electron chi connectivity index (χ4n) is 3.05. The Hall–Kier alpha value is -2.23. The average molecular weight is 282 g/mol. The highest BCUT2D eigenvalue weighted by Crippen LogP contribution is 2.27. The topological polar surface area (TPSA) is 45.4 Å². The predicted octanol–water partition coefficient (Wildman–Crippen LogP) is 2.69. The molecular formula is C17H22N4. The Kier molecular flexibility index (Phi) is 3.69. The quantitative estimate of drug-likeness (QED) is 0.920. The standard InChI is InChI=1S/C17H22N4/c1-13-4-3-5-15(10-13)21-9-8-20(12-14(21)2)17-6-7-19-11-16(17)18/h3-7,10-11,14H,8-9,12,18H2,1-2H3. The van der Waals surface area contributed by atoms with Crippen LogP contribution in [0.5, 0.6) is 0 Å². The van der Waals surface area contributed by atoms with Crippen LogP contribution in [0.2, 0.25) is 0 Å². The SMILES string of the molecule is Cc1cccc(N2CCN(c3ccncc3N)CC2C)c1. The van der Waals surface area contributed by atoms with E-state index in [9.17, 15) is 0 Å². The van der Waals surface area contributed by atoms with Gasteiger partial charge in [0.15, 0.2) is 0 Å². The van der Waals surface area contributed by atoms with Gasteiger partial charge in [0.2, 0.25) is 0 Å². The predicted molar refractivity (Wildman–Crippen MR) is 88.8 cm³/mol. The lowest BCUT2D eigenvalue weighted by Crippen LogP contribution is -2.52. The largest absolute Gasteiger partial charge is 0.396 e. The summed E-state index contributed by atoms with van der Waals surface area (Å²) < 4.78 is 0. The van der Waals surface area contributed by atoms with Crippen LogP contribution >= 0.6 is 0 Å². The first kappa shape index (κ1) is 13.7. The number of benzene rings is 1. The van der Waals surface area contributed by atoms with Gasteiger partial charge in [-0.05, 0) is 37.6 Å². The molecule has 1 fully saturated rings. The molecule has 1 aromatic heterocycles. The molecule has 0 radical (unpaired) electrons. The van der Waals surface area contributed by atoms with Crippen LogP contribution in [0.25, 0.3) is 0 Å². The summed E-state index contributed by atoms with van der Waals surface area (Å²) in [6, 6.07) is 11.2. The summed E-state index contributed by atoms with van der Waals surface area (Å²) in [5.74, 6) is 0. The van der Waals surface area contributed by atoms with Gasteiger partial charge in [-0.25, -0.2) is 0 Å². The van der Waals surface area contributed by atoms with E-state index < -0.39 is 0 Å². The smallest absolute Gasteiger partial charge is 0.0738 e. The summed E-state index contributed by atoms with van der Waals surface area (Å²) in [6.07, 6.45) is 3.54. The molecule has 1 aliphatic rings. The van der Waals surface area contributed by atoms with E-state index in [1.807, 2.05) is 12.3 Å². The van der Waals surface area contributed by atoms with Gasteiger partial charge in [-0.15, -0.1) is 0 Å². The molecular weight excluding hydrogens is 260 g/mol. The maximum atomic E-state index is 6.04. The highest BCUT2D eigenvalue weighted by Gasteiger charge is 2.24. The van der Waals surface area contributed by atoms with Gasteiger partial charge in [0.25, 0.3) is 0 Å². The molecule has 4 nitrogen and oxygen atoms in total. The first-order valence-electron chi connectivity index (χ1n) is 7.43. The van der Waals surface area contributed by atoms with Gasteiger partial charge in [-0.1, -0.05) is 12.1 Å². The molecule has 0 spiro atoms. The van der Waals surface area contributed by atoms with Crippen molar-refractivity contribution in [2.75, 3.05) is 35.2 Å². The zero-order valence-electron chi connectivity index (χ0n) is 12.7. The summed E-state index contributed by atoms with van der Waals surface area (Å²) in [5.41, 5.74) is 10.5. The number of hydrogen-bond acceptors (Lipinski definition) is 4. The van der Waals surface area contributed by atoms with E-state index in [0.29, 0.717) is 6.04 Å². The van der Waals surface area contributed by atoms with Crippen LogP contribution in [0.4, 0.5) is 17.1 Å². The number of pyridine rings is 1. The van der Waals surface area contributed by atoms with Crippen molar-refractivity contribution in [3.8, 4) is 0 Å². The van der Waals surface area contributed by atoms with Crippen LogP contribution < -0.4 is 15.5 Å². The van der Waals surface area contributed by atoms with E-state index >= 15 is 0 Å². The van der Waals surface area contributed by atoms with E-state index in [-0.39, 0.29) is 0 Å². The van der Waals surface area contributed by atoms with Gasteiger partial charge in [-0.2, -0.15) is 0 Å². The van der Waals surface area contributed by atoms with E-state index in [0.717, 1.165) is 31.0 Å². The van der Waals surface area contributed by atoms with Gasteiger partial charge in [0.1, 0.15) is 0 Å². The zero-order chi connectivity index (χ0) is 14.8. The van der Waals surface area contributed by atoms with Crippen LogP contribution in [0.3, 0.4) is 0 Å². The van der Waals surface area contributed by atoms with Crippen molar-refractivity contribution in [1.29, 1.82) is 0 Å². The van der Waals surface area contributed by atoms with Crippen LogP contribution in [0.1, 0.15) is 12.5 Å². The van der Waals surface area contributed by atoms with Crippen LogP contribution in [0.15, 0.2) is 42.7 Å². The second-order valence-electron chi connectivity index (χ2n) is 5.76. The fourth-order valence-corrected chi connectivity index (χ4v) is 3.05. The molecule has 0 saturated carbocycles. The number of aryl methyl sites for hydroxylation is 1. The van der Waals surface area contributed by atoms with Crippen molar-refractivity contribution in [2.24, 2.45) is 0 Å². The summed E-state index contributed by atoms with van der Waals surface area (Å²) in [7, 11) is 0. The van der Waals surface area contributed by atoms with Crippen molar-refractivity contribution in [2.45, 2.75) is 19.9 Å². The first-order valence-corrected chi connectivity index (χ1v) is 7.43. The van der Waals surface area contributed by atoms with Crippen molar-refractivity contribution in [1.82, 2.24) is 4.98 Å². The molecule has 2 N–H and O–H groups in total. The Labute approximate surface area is 126 Å². The highest BCUT2D eigenvalue weighted by atomic mass is 15.3. The Bertz CT molecular complexity index is 626. The van der Waals surface area contributed by atoms with Crippen molar-refractivity contribution < 1.29 is 0 Å². The van der Waals surface area contributed by atoms with Gasteiger partial charge < -0.3 is 15.5 Å². The maximum Gasteiger partial charge on any atom is 0.0738 e. The Balaban J connectivity index is 1.77. The van der Waals surface area contributed by atoms with E-state index in [4.69, 9.17) is 5.73 Å². The van der Waals surface area contributed by atoms with Crippen molar-refractivity contribution in [3.63, 3.8) is 0 Å². The number of nitrogen functional groups attached to an aromatic ring is 1. The molecule has 2 aromatic rings. The van der Waals surface area contributed by atoms with Gasteiger partial charge >= 0.3 is 0 Å². The molecule has 3 rings (SSSR count). The molecule has 1 aromatic carbocycles. The van der Waals surface area contributed by atoms with Crippen molar-refractivity contribution in [3.05, 3.63) is 48.3 Å². The first-order chi connectivity index (χ1) is 10.1. The molecule has 0 aliphatic carbocycles. The number of anilines is 3. The number of nitrogens with two attached hydrogens (primary N) is 1. The van der Waals surface area contributed by atoms with Gasteiger partial charge in [0, 0.05) is 37.6 Å². The molecule has 0 bridgehead atoms. The Morgan fingerprint density at radius 3 is 2.81 bits per heavy atom. The molecule has 0 amide bonds. The second kappa shape index (κ2) is 5.64. The molecule has 1 unspecified atom stereocenters. The Morgan fingerprint density at radius 2 is 2.10 bits per heavy atom. The monoisotopic (exact) mass is 282 g/mol. The van der Waals surface area contributed by atoms with E-state index in [1.54, 1.807) is 6.20 Å².